The van der Waals surface area contributed by atoms with Crippen molar-refractivity contribution in [1.29, 1.82) is 0 Å². The summed E-state index contributed by atoms with van der Waals surface area (Å²) in [5.74, 6) is -0.261. The first-order valence-corrected chi connectivity index (χ1v) is 29.6. The topological polar surface area (TPSA) is 175 Å². The summed E-state index contributed by atoms with van der Waals surface area (Å²) in [6.07, 6.45) is 54.8. The monoisotopic (exact) mass is 1020 g/mol. The van der Waals surface area contributed by atoms with E-state index in [1.54, 1.807) is 6.08 Å². The molecule has 6 N–H and O–H groups in total. The van der Waals surface area contributed by atoms with Crippen LogP contribution in [-0.2, 0) is 23.8 Å². The number of carbonyl (C=O) groups excluding carboxylic acids is 2. The fourth-order valence-electron chi connectivity index (χ4n) is 8.93. The van der Waals surface area contributed by atoms with Crippen molar-refractivity contribution >= 4 is 11.9 Å². The zero-order valence-electron chi connectivity index (χ0n) is 45.9. The van der Waals surface area contributed by atoms with Crippen molar-refractivity contribution in [1.82, 2.24) is 5.32 Å². The van der Waals surface area contributed by atoms with Gasteiger partial charge in [0.1, 0.15) is 24.4 Å². The number of unbranched alkanes of at least 4 members (excludes halogenated alkanes) is 29. The average Bonchev–Trinajstić information content (AvgIpc) is 3.38. The molecule has 72 heavy (non-hydrogen) atoms. The predicted octanol–water partition coefficient (Wildman–Crippen LogP) is 13.4. The molecule has 7 atom stereocenters. The summed E-state index contributed by atoms with van der Waals surface area (Å²) in [6, 6.07) is -0.851. The van der Waals surface area contributed by atoms with Gasteiger partial charge in [0.25, 0.3) is 0 Å². The first-order chi connectivity index (χ1) is 35.2. The minimum atomic E-state index is -1.59. The normalized spacial score (nSPS) is 19.5. The number of hydrogen-bond acceptors (Lipinski definition) is 10. The molecule has 1 heterocycles. The van der Waals surface area contributed by atoms with Gasteiger partial charge in [-0.3, -0.25) is 9.59 Å². The van der Waals surface area contributed by atoms with Gasteiger partial charge in [-0.05, 0) is 83.5 Å². The van der Waals surface area contributed by atoms with Crippen molar-refractivity contribution < 1.29 is 49.3 Å². The van der Waals surface area contributed by atoms with Crippen LogP contribution in [0.3, 0.4) is 0 Å². The van der Waals surface area contributed by atoms with E-state index in [2.05, 4.69) is 67.8 Å². The maximum atomic E-state index is 13.0. The maximum Gasteiger partial charge on any atom is 0.305 e. The molecule has 0 aliphatic carbocycles. The highest BCUT2D eigenvalue weighted by molar-refractivity contribution is 5.76. The molecule has 1 aliphatic rings. The van der Waals surface area contributed by atoms with Crippen LogP contribution < -0.4 is 5.32 Å². The smallest absolute Gasteiger partial charge is 0.305 e. The molecule has 0 bridgehead atoms. The standard InChI is InChI=1S/C61H109NO10/c1-3-5-7-9-11-13-15-16-17-18-19-20-23-26-29-33-37-41-45-49-57(66)70-50-46-42-38-34-30-27-24-21-22-25-28-32-36-40-44-48-56(65)62-53(52-71-61-60(69)59(68)58(67)55(51-63)72-61)54(64)47-43-39-35-31-14-12-10-8-6-4-2/h6,8,14,21,24,27,30-31,43,47,53-55,58-61,63-64,67-69H,3-5,7,9-13,15-20,22-23,25-26,28-29,32-42,44-46,48-52H2,1-2H3,(H,62,65)/b8-6+,24-21-,30-27-,31-14+,47-43+. The third kappa shape index (κ3) is 39.8. The maximum absolute atomic E-state index is 13.0. The van der Waals surface area contributed by atoms with Crippen molar-refractivity contribution in [3.63, 3.8) is 0 Å². The van der Waals surface area contributed by atoms with Crippen molar-refractivity contribution in [2.24, 2.45) is 0 Å². The minimum Gasteiger partial charge on any atom is -0.466 e. The number of esters is 1. The van der Waals surface area contributed by atoms with Crippen molar-refractivity contribution in [3.8, 4) is 0 Å². The Labute approximate surface area is 439 Å². The number of rotatable bonds is 50. The number of hydrogen-bond donors (Lipinski definition) is 6. The van der Waals surface area contributed by atoms with Crippen LogP contribution in [0.2, 0.25) is 0 Å². The van der Waals surface area contributed by atoms with Gasteiger partial charge in [0, 0.05) is 12.8 Å². The zero-order valence-corrected chi connectivity index (χ0v) is 45.9. The van der Waals surface area contributed by atoms with E-state index >= 15 is 0 Å². The number of aliphatic hydroxyl groups excluding tert-OH is 5. The lowest BCUT2D eigenvalue weighted by atomic mass is 9.99. The number of carbonyl (C=O) groups is 2. The molecule has 11 nitrogen and oxygen atoms in total. The van der Waals surface area contributed by atoms with Gasteiger partial charge in [0.15, 0.2) is 6.29 Å². The quantitative estimate of drug-likeness (QED) is 0.0149. The summed E-state index contributed by atoms with van der Waals surface area (Å²) in [6.45, 7) is 4.12. The second-order valence-corrected chi connectivity index (χ2v) is 20.3. The molecule has 0 saturated carbocycles. The van der Waals surface area contributed by atoms with Crippen LogP contribution in [0.5, 0.6) is 0 Å². The number of allylic oxidation sites excluding steroid dienone is 9. The molecule has 0 aromatic carbocycles. The summed E-state index contributed by atoms with van der Waals surface area (Å²) in [7, 11) is 0. The van der Waals surface area contributed by atoms with Gasteiger partial charge in [-0.15, -0.1) is 0 Å². The van der Waals surface area contributed by atoms with Gasteiger partial charge in [0.05, 0.1) is 32.0 Å². The van der Waals surface area contributed by atoms with Gasteiger partial charge in [0.2, 0.25) is 5.91 Å². The van der Waals surface area contributed by atoms with E-state index in [9.17, 15) is 35.1 Å². The molecule has 1 rings (SSSR count). The molecule has 1 fully saturated rings. The van der Waals surface area contributed by atoms with Gasteiger partial charge in [-0.25, -0.2) is 0 Å². The Morgan fingerprint density at radius 2 is 0.986 bits per heavy atom. The first kappa shape index (κ1) is 67.4. The molecule has 1 aliphatic heterocycles. The van der Waals surface area contributed by atoms with E-state index in [0.717, 1.165) is 103 Å². The van der Waals surface area contributed by atoms with Gasteiger partial charge >= 0.3 is 5.97 Å². The largest absolute Gasteiger partial charge is 0.466 e. The molecule has 0 radical (unpaired) electrons. The lowest BCUT2D eigenvalue weighted by Crippen LogP contribution is -2.60. The van der Waals surface area contributed by atoms with Crippen LogP contribution in [0.25, 0.3) is 0 Å². The van der Waals surface area contributed by atoms with Crippen LogP contribution >= 0.6 is 0 Å². The van der Waals surface area contributed by atoms with Crippen LogP contribution in [0.1, 0.15) is 251 Å². The molecule has 418 valence electrons. The van der Waals surface area contributed by atoms with Crippen molar-refractivity contribution in [2.75, 3.05) is 19.8 Å². The van der Waals surface area contributed by atoms with Crippen LogP contribution in [0, 0.1) is 0 Å². The molecule has 11 heteroatoms. The Kier molecular flexibility index (Phi) is 47.3. The van der Waals surface area contributed by atoms with Crippen LogP contribution in [0.15, 0.2) is 60.8 Å². The summed E-state index contributed by atoms with van der Waals surface area (Å²) in [5, 5.41) is 54.1. The fourth-order valence-corrected chi connectivity index (χ4v) is 8.93. The molecule has 0 aromatic rings. The summed E-state index contributed by atoms with van der Waals surface area (Å²) in [5.41, 5.74) is 0. The van der Waals surface area contributed by atoms with Crippen molar-refractivity contribution in [2.45, 2.75) is 294 Å². The second kappa shape index (κ2) is 50.5. The Hall–Kier alpha value is -2.64. The molecular weight excluding hydrogens is 907 g/mol. The number of ether oxygens (including phenoxy) is 3. The van der Waals surface area contributed by atoms with Crippen molar-refractivity contribution in [3.05, 3.63) is 60.8 Å². The number of aliphatic hydroxyl groups is 5. The SMILES string of the molecule is CC/C=C/CC/C=C/CC/C=C/C(O)C(COC1OC(CO)C(O)C(O)C1O)NC(=O)CCCCCCCC/C=C\C=C/CCCCCOC(=O)CCCCCCCCCCCCCCCCCCCCC. The second-order valence-electron chi connectivity index (χ2n) is 20.3. The van der Waals surface area contributed by atoms with E-state index in [0.29, 0.717) is 32.3 Å². The number of amides is 1. The summed E-state index contributed by atoms with van der Waals surface area (Å²) < 4.78 is 16.6. The first-order valence-electron chi connectivity index (χ1n) is 29.6. The minimum absolute atomic E-state index is 0.0386. The predicted molar refractivity (Wildman–Crippen MR) is 296 cm³/mol. The summed E-state index contributed by atoms with van der Waals surface area (Å²) in [4.78, 5) is 25.1. The third-order valence-corrected chi connectivity index (χ3v) is 13.6. The molecule has 1 amide bonds. The molecule has 0 aromatic heterocycles. The van der Waals surface area contributed by atoms with Crippen LogP contribution in [0.4, 0.5) is 0 Å². The fraction of sp³-hybridized carbons (Fsp3) is 0.803. The highest BCUT2D eigenvalue weighted by Crippen LogP contribution is 2.23. The molecule has 7 unspecified atom stereocenters. The summed E-state index contributed by atoms with van der Waals surface area (Å²) >= 11 is 0. The van der Waals surface area contributed by atoms with Gasteiger partial charge < -0.3 is 45.1 Å². The van der Waals surface area contributed by atoms with E-state index in [4.69, 9.17) is 14.2 Å². The highest BCUT2D eigenvalue weighted by atomic mass is 16.7. The Balaban J connectivity index is 2.08. The molecule has 0 spiro atoms. The van der Waals surface area contributed by atoms with E-state index < -0.39 is 49.5 Å². The highest BCUT2D eigenvalue weighted by Gasteiger charge is 2.44. The van der Waals surface area contributed by atoms with Gasteiger partial charge in [-0.2, -0.15) is 0 Å². The van der Waals surface area contributed by atoms with E-state index in [1.165, 1.54) is 109 Å². The Morgan fingerprint density at radius 1 is 0.528 bits per heavy atom. The average molecular weight is 1020 g/mol. The van der Waals surface area contributed by atoms with Crippen LogP contribution in [-0.4, -0.2) is 100 Å². The number of nitrogens with one attached hydrogen (secondary N) is 1. The third-order valence-electron chi connectivity index (χ3n) is 13.6. The Morgan fingerprint density at radius 3 is 1.50 bits per heavy atom. The molecule has 1 saturated heterocycles. The zero-order chi connectivity index (χ0) is 52.4. The van der Waals surface area contributed by atoms with E-state index in [1.807, 2.05) is 6.08 Å². The lowest BCUT2D eigenvalue weighted by molar-refractivity contribution is -0.302. The van der Waals surface area contributed by atoms with Gasteiger partial charge in [-0.1, -0.05) is 216 Å². The van der Waals surface area contributed by atoms with E-state index in [-0.39, 0.29) is 18.5 Å². The molecular formula is C61H109NO10. The Bertz CT molecular complexity index is 1380. The lowest BCUT2D eigenvalue weighted by Gasteiger charge is -2.40.